The van der Waals surface area contributed by atoms with Crippen molar-refractivity contribution >= 4 is 22.7 Å². The highest BCUT2D eigenvalue weighted by Crippen LogP contribution is 2.15. The Morgan fingerprint density at radius 3 is 2.55 bits per heavy atom. The Hall–Kier alpha value is -2.30. The van der Waals surface area contributed by atoms with Crippen LogP contribution in [0.4, 0.5) is 0 Å². The first-order chi connectivity index (χ1) is 9.39. The number of fused-ring (bicyclic) bond motifs is 1. The van der Waals surface area contributed by atoms with Gasteiger partial charge in [-0.25, -0.2) is 0 Å². The minimum atomic E-state index is -0.466. The van der Waals surface area contributed by atoms with Gasteiger partial charge in [-0.1, -0.05) is 26.8 Å². The maximum atomic E-state index is 12.2. The average Bonchev–Trinajstić information content (AvgIpc) is 2.42. The van der Waals surface area contributed by atoms with Gasteiger partial charge in [0.05, 0.1) is 17.6 Å². The van der Waals surface area contributed by atoms with Crippen LogP contribution in [0.25, 0.3) is 11.0 Å². The van der Waals surface area contributed by atoms with Gasteiger partial charge < -0.3 is 5.32 Å². The number of amides is 1. The van der Waals surface area contributed by atoms with Crippen molar-refractivity contribution in [3.63, 3.8) is 0 Å². The van der Waals surface area contributed by atoms with Gasteiger partial charge in [0.25, 0.3) is 5.91 Å². The molecule has 1 aromatic heterocycles. The van der Waals surface area contributed by atoms with Crippen LogP contribution in [0, 0.1) is 5.41 Å². The van der Waals surface area contributed by atoms with E-state index in [-0.39, 0.29) is 18.2 Å². The summed E-state index contributed by atoms with van der Waals surface area (Å²) in [4.78, 5) is 32.3. The Morgan fingerprint density at radius 2 is 1.85 bits per heavy atom. The van der Waals surface area contributed by atoms with Gasteiger partial charge in [-0.15, -0.1) is 0 Å². The predicted molar refractivity (Wildman–Crippen MR) is 76.3 cm³/mol. The second-order valence-corrected chi connectivity index (χ2v) is 5.59. The van der Waals surface area contributed by atoms with E-state index in [4.69, 9.17) is 0 Å². The highest BCUT2D eigenvalue weighted by molar-refractivity contribution is 6.05. The summed E-state index contributed by atoms with van der Waals surface area (Å²) in [6.45, 7) is 5.49. The molecule has 0 aliphatic heterocycles. The van der Waals surface area contributed by atoms with Crippen molar-refractivity contribution in [1.82, 2.24) is 15.3 Å². The second-order valence-electron chi connectivity index (χ2n) is 5.59. The number of Topliss-reactive ketones (excluding diaryl/α,β-unsaturated/α-hetero) is 1. The Bertz CT molecular complexity index is 654. The molecule has 0 aliphatic rings. The number of carbonyl (C=O) groups is 2. The third-order valence-electron chi connectivity index (χ3n) is 2.99. The van der Waals surface area contributed by atoms with E-state index in [9.17, 15) is 9.59 Å². The first-order valence-electron chi connectivity index (χ1n) is 6.41. The molecule has 5 nitrogen and oxygen atoms in total. The molecule has 0 aliphatic carbocycles. The molecule has 104 valence electrons. The van der Waals surface area contributed by atoms with Crippen molar-refractivity contribution in [2.75, 3.05) is 6.54 Å². The topological polar surface area (TPSA) is 72.0 Å². The molecule has 2 aromatic rings. The van der Waals surface area contributed by atoms with Gasteiger partial charge in [-0.2, -0.15) is 0 Å². The van der Waals surface area contributed by atoms with Gasteiger partial charge >= 0.3 is 0 Å². The van der Waals surface area contributed by atoms with Crippen molar-refractivity contribution < 1.29 is 9.59 Å². The lowest BCUT2D eigenvalue weighted by Gasteiger charge is -2.16. The van der Waals surface area contributed by atoms with Gasteiger partial charge in [-0.05, 0) is 12.1 Å². The molecule has 0 saturated carbocycles. The van der Waals surface area contributed by atoms with Crippen molar-refractivity contribution in [3.05, 3.63) is 36.2 Å². The zero-order valence-electron chi connectivity index (χ0n) is 11.8. The van der Waals surface area contributed by atoms with E-state index in [0.29, 0.717) is 16.6 Å². The summed E-state index contributed by atoms with van der Waals surface area (Å²) in [6, 6.07) is 5.21. The van der Waals surface area contributed by atoms with Crippen LogP contribution in [0.1, 0.15) is 31.1 Å². The van der Waals surface area contributed by atoms with E-state index in [0.717, 1.165) is 0 Å². The van der Waals surface area contributed by atoms with E-state index >= 15 is 0 Å². The molecule has 0 atom stereocenters. The Balaban J connectivity index is 2.18. The lowest BCUT2D eigenvalue weighted by molar-refractivity contribution is -0.125. The molecule has 1 heterocycles. The molecule has 1 N–H and O–H groups in total. The number of ketones is 1. The summed E-state index contributed by atoms with van der Waals surface area (Å²) in [7, 11) is 0. The van der Waals surface area contributed by atoms with Gasteiger partial charge in [0.1, 0.15) is 5.52 Å². The maximum Gasteiger partial charge on any atom is 0.253 e. The zero-order chi connectivity index (χ0) is 14.8. The first kappa shape index (κ1) is 14.1. The average molecular weight is 271 g/mol. The van der Waals surface area contributed by atoms with Crippen molar-refractivity contribution in [3.8, 4) is 0 Å². The zero-order valence-corrected chi connectivity index (χ0v) is 11.8. The molecule has 0 unspecified atom stereocenters. The molecule has 0 spiro atoms. The molecule has 0 bridgehead atoms. The van der Waals surface area contributed by atoms with E-state index in [2.05, 4.69) is 15.3 Å². The molecule has 2 rings (SSSR count). The predicted octanol–water partition coefficient (Wildman–Crippen LogP) is 1.97. The summed E-state index contributed by atoms with van der Waals surface area (Å²) in [6.07, 6.45) is 3.12. The minimum absolute atomic E-state index is 0.0129. The summed E-state index contributed by atoms with van der Waals surface area (Å²) in [5.74, 6) is -0.328. The van der Waals surface area contributed by atoms with E-state index in [1.165, 1.54) is 0 Å². The van der Waals surface area contributed by atoms with E-state index in [1.54, 1.807) is 30.6 Å². The number of carbonyl (C=O) groups excluding carboxylic acids is 2. The number of nitrogens with one attached hydrogen (secondary N) is 1. The maximum absolute atomic E-state index is 12.2. The fourth-order valence-electron chi connectivity index (χ4n) is 1.70. The third kappa shape index (κ3) is 2.99. The number of nitrogens with zero attached hydrogens (tertiary/aromatic N) is 2. The highest BCUT2D eigenvalue weighted by atomic mass is 16.2. The molecule has 0 fully saturated rings. The van der Waals surface area contributed by atoms with Gasteiger partial charge in [0.15, 0.2) is 5.78 Å². The monoisotopic (exact) mass is 271 g/mol. The summed E-state index contributed by atoms with van der Waals surface area (Å²) in [5.41, 5.74) is 1.15. The van der Waals surface area contributed by atoms with Crippen molar-refractivity contribution in [2.24, 2.45) is 5.41 Å². The normalized spacial score (nSPS) is 11.3. The number of para-hydroxylation sites is 1. The lowest BCUT2D eigenvalue weighted by Crippen LogP contribution is -2.35. The number of hydrogen-bond donors (Lipinski definition) is 1. The summed E-state index contributed by atoms with van der Waals surface area (Å²) < 4.78 is 0. The molecule has 0 radical (unpaired) electrons. The standard InChI is InChI=1S/C15H17N3O2/c1-15(2,3)12(19)9-18-14(20)10-5-4-6-11-13(10)17-8-7-16-11/h4-8H,9H2,1-3H3,(H,18,20). The van der Waals surface area contributed by atoms with Gasteiger partial charge in [0, 0.05) is 17.8 Å². The van der Waals surface area contributed by atoms with Crippen LogP contribution in [-0.4, -0.2) is 28.2 Å². The quantitative estimate of drug-likeness (QED) is 0.926. The van der Waals surface area contributed by atoms with Crippen LogP contribution < -0.4 is 5.32 Å². The molecule has 1 aromatic carbocycles. The Labute approximate surface area is 117 Å². The largest absolute Gasteiger partial charge is 0.345 e. The molecule has 0 saturated heterocycles. The SMILES string of the molecule is CC(C)(C)C(=O)CNC(=O)c1cccc2nccnc12. The summed E-state index contributed by atoms with van der Waals surface area (Å²) >= 11 is 0. The smallest absolute Gasteiger partial charge is 0.253 e. The van der Waals surface area contributed by atoms with Crippen LogP contribution in [0.2, 0.25) is 0 Å². The fraction of sp³-hybridized carbons (Fsp3) is 0.333. The number of aromatic nitrogens is 2. The second kappa shape index (κ2) is 5.36. The van der Waals surface area contributed by atoms with E-state index < -0.39 is 5.41 Å². The first-order valence-corrected chi connectivity index (χ1v) is 6.41. The van der Waals surface area contributed by atoms with Crippen LogP contribution in [0.15, 0.2) is 30.6 Å². The van der Waals surface area contributed by atoms with Crippen LogP contribution in [0.3, 0.4) is 0 Å². The molecule has 1 amide bonds. The number of rotatable bonds is 3. The minimum Gasteiger partial charge on any atom is -0.345 e. The van der Waals surface area contributed by atoms with E-state index in [1.807, 2.05) is 20.8 Å². The highest BCUT2D eigenvalue weighted by Gasteiger charge is 2.22. The number of hydrogen-bond acceptors (Lipinski definition) is 4. The van der Waals surface area contributed by atoms with Crippen LogP contribution >= 0.6 is 0 Å². The number of benzene rings is 1. The Kier molecular flexibility index (Phi) is 3.79. The summed E-state index contributed by atoms with van der Waals surface area (Å²) in [5, 5.41) is 2.64. The van der Waals surface area contributed by atoms with Gasteiger partial charge in [0.2, 0.25) is 0 Å². The van der Waals surface area contributed by atoms with Crippen molar-refractivity contribution in [1.29, 1.82) is 0 Å². The third-order valence-corrected chi connectivity index (χ3v) is 2.99. The van der Waals surface area contributed by atoms with Gasteiger partial charge in [-0.3, -0.25) is 19.6 Å². The molecule has 5 heteroatoms. The molecular weight excluding hydrogens is 254 g/mol. The van der Waals surface area contributed by atoms with Crippen molar-refractivity contribution in [2.45, 2.75) is 20.8 Å². The molecular formula is C15H17N3O2. The lowest BCUT2D eigenvalue weighted by atomic mass is 9.91. The van der Waals surface area contributed by atoms with Crippen LogP contribution in [-0.2, 0) is 4.79 Å². The fourth-order valence-corrected chi connectivity index (χ4v) is 1.70. The Morgan fingerprint density at radius 1 is 1.15 bits per heavy atom. The van der Waals surface area contributed by atoms with Crippen LogP contribution in [0.5, 0.6) is 0 Å². The molecule has 20 heavy (non-hydrogen) atoms.